The van der Waals surface area contributed by atoms with E-state index in [0.717, 1.165) is 0 Å². The molecule has 0 aromatic carbocycles. The highest BCUT2D eigenvalue weighted by atomic mass is 16.6. The van der Waals surface area contributed by atoms with Crippen LogP contribution in [0.3, 0.4) is 0 Å². The van der Waals surface area contributed by atoms with E-state index in [2.05, 4.69) is 20.1 Å². The fourth-order valence-electron chi connectivity index (χ4n) is 2.06. The van der Waals surface area contributed by atoms with Gasteiger partial charge in [0, 0.05) is 4.91 Å². The van der Waals surface area contributed by atoms with E-state index >= 15 is 0 Å². The van der Waals surface area contributed by atoms with Crippen LogP contribution in [0.1, 0.15) is 46.5 Å². The number of nitrogens with one attached hydrogen (secondary N) is 1. The molecule has 0 fully saturated rings. The minimum Gasteiger partial charge on any atom is -0.467 e. The number of azide groups is 1. The zero-order valence-electron chi connectivity index (χ0n) is 15.1. The molecule has 0 spiro atoms. The van der Waals surface area contributed by atoms with Crippen molar-refractivity contribution in [3.63, 3.8) is 0 Å². The molecule has 3 N–H and O–H groups in total. The van der Waals surface area contributed by atoms with Gasteiger partial charge in [0.15, 0.2) is 0 Å². The van der Waals surface area contributed by atoms with Gasteiger partial charge in [-0.2, -0.15) is 0 Å². The molecule has 0 aromatic heterocycles. The van der Waals surface area contributed by atoms with Crippen molar-refractivity contribution >= 4 is 12.1 Å². The van der Waals surface area contributed by atoms with Crippen LogP contribution in [0.5, 0.6) is 0 Å². The van der Waals surface area contributed by atoms with Gasteiger partial charge in [0.05, 0.1) is 25.9 Å². The van der Waals surface area contributed by atoms with Gasteiger partial charge in [-0.1, -0.05) is 18.0 Å². The first kappa shape index (κ1) is 23.0. The number of aliphatic hydroxyl groups excluding tert-OH is 2. The molecule has 0 aliphatic carbocycles. The molecule has 0 saturated carbocycles. The van der Waals surface area contributed by atoms with Gasteiger partial charge in [0.2, 0.25) is 0 Å². The summed E-state index contributed by atoms with van der Waals surface area (Å²) in [6.45, 7) is 4.63. The third-order valence-electron chi connectivity index (χ3n) is 3.25. The predicted octanol–water partition coefficient (Wildman–Crippen LogP) is 1.65. The van der Waals surface area contributed by atoms with E-state index in [9.17, 15) is 14.7 Å². The van der Waals surface area contributed by atoms with Gasteiger partial charge in [-0.3, -0.25) is 0 Å². The number of unbranched alkanes of at least 4 members (excludes halogenated alkanes) is 1. The van der Waals surface area contributed by atoms with Crippen LogP contribution in [-0.4, -0.2) is 59.8 Å². The maximum Gasteiger partial charge on any atom is 0.408 e. The Hall–Kier alpha value is -2.03. The predicted molar refractivity (Wildman–Crippen MR) is 89.7 cm³/mol. The Bertz CT molecular complexity index is 473. The van der Waals surface area contributed by atoms with Crippen molar-refractivity contribution in [2.75, 3.05) is 13.7 Å². The fourth-order valence-corrected chi connectivity index (χ4v) is 2.06. The number of hydrogen-bond donors (Lipinski definition) is 3. The second-order valence-electron chi connectivity index (χ2n) is 6.53. The van der Waals surface area contributed by atoms with E-state index in [1.54, 1.807) is 20.8 Å². The number of carbonyl (C=O) groups is 2. The normalized spacial score (nSPS) is 14.6. The summed E-state index contributed by atoms with van der Waals surface area (Å²) in [5, 5.41) is 24.4. The number of rotatable bonds is 10. The van der Waals surface area contributed by atoms with Crippen LogP contribution >= 0.6 is 0 Å². The molecular formula is C15H28N4O6. The highest BCUT2D eigenvalue weighted by Gasteiger charge is 2.25. The van der Waals surface area contributed by atoms with Crippen LogP contribution in [0.4, 0.5) is 4.79 Å². The zero-order valence-corrected chi connectivity index (χ0v) is 15.1. The Morgan fingerprint density at radius 1 is 1.28 bits per heavy atom. The molecule has 25 heavy (non-hydrogen) atoms. The summed E-state index contributed by atoms with van der Waals surface area (Å²) in [5.41, 5.74) is 7.78. The van der Waals surface area contributed by atoms with Gasteiger partial charge in [-0.15, -0.1) is 0 Å². The standard InChI is InChI=1S/C15H28N4O6/c1-15(2,3)25-14(23)17-11(13(22)24-4)8-6-5-7-10(18-19-16)12(21)9-20/h10-12,20-21H,5-9H2,1-4H3,(H,17,23)/t10-,11+,12+/m1/s1. The van der Waals surface area contributed by atoms with E-state index in [1.165, 1.54) is 7.11 Å². The molecule has 144 valence electrons. The number of alkyl carbamates (subject to hydrolysis) is 1. The van der Waals surface area contributed by atoms with Crippen LogP contribution in [-0.2, 0) is 14.3 Å². The van der Waals surface area contributed by atoms with Crippen LogP contribution < -0.4 is 5.32 Å². The molecule has 0 bridgehead atoms. The molecule has 10 nitrogen and oxygen atoms in total. The highest BCUT2D eigenvalue weighted by molar-refractivity contribution is 5.81. The summed E-state index contributed by atoms with van der Waals surface area (Å²) in [5.74, 6) is -0.590. The number of ether oxygens (including phenoxy) is 2. The average molecular weight is 360 g/mol. The molecule has 0 radical (unpaired) electrons. The van der Waals surface area contributed by atoms with Gasteiger partial charge < -0.3 is 25.0 Å². The van der Waals surface area contributed by atoms with Crippen molar-refractivity contribution in [1.29, 1.82) is 0 Å². The smallest absolute Gasteiger partial charge is 0.408 e. The second kappa shape index (κ2) is 11.5. The molecule has 0 unspecified atom stereocenters. The summed E-state index contributed by atoms with van der Waals surface area (Å²) < 4.78 is 9.78. The Kier molecular flexibility index (Phi) is 10.6. The molecule has 3 atom stereocenters. The summed E-state index contributed by atoms with van der Waals surface area (Å²) in [7, 11) is 1.22. The summed E-state index contributed by atoms with van der Waals surface area (Å²) >= 11 is 0. The van der Waals surface area contributed by atoms with Gasteiger partial charge >= 0.3 is 12.1 Å². The third kappa shape index (κ3) is 10.4. The fraction of sp³-hybridized carbons (Fsp3) is 0.867. The molecule has 0 saturated heterocycles. The van der Waals surface area contributed by atoms with E-state index in [4.69, 9.17) is 15.4 Å². The number of methoxy groups -OCH3 is 1. The van der Waals surface area contributed by atoms with E-state index in [1.807, 2.05) is 0 Å². The summed E-state index contributed by atoms with van der Waals surface area (Å²) in [6.07, 6.45) is -0.191. The molecule has 0 aliphatic rings. The lowest BCUT2D eigenvalue weighted by Crippen LogP contribution is -2.44. The highest BCUT2D eigenvalue weighted by Crippen LogP contribution is 2.13. The van der Waals surface area contributed by atoms with Crippen molar-refractivity contribution in [1.82, 2.24) is 5.32 Å². The summed E-state index contributed by atoms with van der Waals surface area (Å²) in [4.78, 5) is 26.2. The van der Waals surface area contributed by atoms with Crippen molar-refractivity contribution < 1.29 is 29.3 Å². The number of carbonyl (C=O) groups excluding carboxylic acids is 2. The van der Waals surface area contributed by atoms with Gasteiger partial charge in [0.25, 0.3) is 0 Å². The number of esters is 1. The van der Waals surface area contributed by atoms with Crippen molar-refractivity contribution in [2.45, 2.75) is 70.2 Å². The first-order valence-electron chi connectivity index (χ1n) is 8.05. The number of hydrogen-bond acceptors (Lipinski definition) is 7. The van der Waals surface area contributed by atoms with Crippen LogP contribution in [0.2, 0.25) is 0 Å². The van der Waals surface area contributed by atoms with E-state index < -0.39 is 42.5 Å². The largest absolute Gasteiger partial charge is 0.467 e. The monoisotopic (exact) mass is 360 g/mol. The molecule has 0 aromatic rings. The first-order valence-corrected chi connectivity index (χ1v) is 8.05. The van der Waals surface area contributed by atoms with Gasteiger partial charge in [-0.05, 0) is 39.1 Å². The molecule has 0 heterocycles. The quantitative estimate of drug-likeness (QED) is 0.177. The first-order chi connectivity index (χ1) is 11.6. The van der Waals surface area contributed by atoms with Crippen molar-refractivity contribution in [2.24, 2.45) is 5.11 Å². The lowest BCUT2D eigenvalue weighted by atomic mass is 10.0. The number of nitrogens with zero attached hydrogens (tertiary/aromatic N) is 3. The van der Waals surface area contributed by atoms with Crippen molar-refractivity contribution in [3.8, 4) is 0 Å². The average Bonchev–Trinajstić information content (AvgIpc) is 2.53. The summed E-state index contributed by atoms with van der Waals surface area (Å²) in [6, 6.07) is -1.61. The Balaban J connectivity index is 4.52. The van der Waals surface area contributed by atoms with Gasteiger partial charge in [-0.25, -0.2) is 9.59 Å². The van der Waals surface area contributed by atoms with E-state index in [-0.39, 0.29) is 0 Å². The van der Waals surface area contributed by atoms with Crippen LogP contribution in [0.25, 0.3) is 10.4 Å². The molecular weight excluding hydrogens is 332 g/mol. The Morgan fingerprint density at radius 3 is 2.36 bits per heavy atom. The third-order valence-corrected chi connectivity index (χ3v) is 3.25. The SMILES string of the molecule is COC(=O)[C@H](CCCC[C@@H](N=[N+]=[N-])[C@@H](O)CO)NC(=O)OC(C)(C)C. The minimum absolute atomic E-state index is 0.296. The molecule has 1 amide bonds. The topological polar surface area (TPSA) is 154 Å². The Labute approximate surface area is 147 Å². The number of amides is 1. The number of aliphatic hydroxyl groups is 2. The maximum absolute atomic E-state index is 11.8. The lowest BCUT2D eigenvalue weighted by Gasteiger charge is -2.22. The molecule has 10 heteroatoms. The zero-order chi connectivity index (χ0) is 19.5. The second-order valence-corrected chi connectivity index (χ2v) is 6.53. The lowest BCUT2D eigenvalue weighted by molar-refractivity contribution is -0.143. The van der Waals surface area contributed by atoms with E-state index in [0.29, 0.717) is 25.7 Å². The van der Waals surface area contributed by atoms with Crippen LogP contribution in [0.15, 0.2) is 5.11 Å². The van der Waals surface area contributed by atoms with Crippen LogP contribution in [0, 0.1) is 0 Å². The Morgan fingerprint density at radius 2 is 1.88 bits per heavy atom. The van der Waals surface area contributed by atoms with Crippen molar-refractivity contribution in [3.05, 3.63) is 10.4 Å². The van der Waals surface area contributed by atoms with Gasteiger partial charge in [0.1, 0.15) is 11.6 Å². The molecule has 0 aliphatic heterocycles. The minimum atomic E-state index is -1.13. The molecule has 0 rings (SSSR count). The maximum atomic E-state index is 11.8.